The molecule has 0 aliphatic rings. The Morgan fingerprint density at radius 2 is 1.81 bits per heavy atom. The second-order valence-corrected chi connectivity index (χ2v) is 7.01. The predicted molar refractivity (Wildman–Crippen MR) is 56.8 cm³/mol. The quantitative estimate of drug-likeness (QED) is 0.744. The number of rotatable bonds is 3. The van der Waals surface area contributed by atoms with Gasteiger partial charge in [0.15, 0.2) is 0 Å². The fourth-order valence-corrected chi connectivity index (χ4v) is 2.78. The molecule has 0 saturated carbocycles. The number of halogens is 1. The molecule has 1 rings (SSSR count). The number of primary sulfonamides is 1. The van der Waals surface area contributed by atoms with Crippen LogP contribution in [0.4, 0.5) is 0 Å². The first kappa shape index (κ1) is 13.4. The highest BCUT2D eigenvalue weighted by Gasteiger charge is 2.18. The van der Waals surface area contributed by atoms with Gasteiger partial charge in [0.05, 0.1) is 16.4 Å². The zero-order valence-electron chi connectivity index (χ0n) is 7.79. The summed E-state index contributed by atoms with van der Waals surface area (Å²) < 4.78 is 44.0. The number of benzene rings is 1. The molecule has 1 aromatic rings. The molecule has 0 spiro atoms. The lowest BCUT2D eigenvalue weighted by Gasteiger charge is -2.05. The molecule has 90 valence electrons. The fraction of sp³-hybridized carbons (Fsp3) is 0.143. The molecule has 3 N–H and O–H groups in total. The third-order valence-electron chi connectivity index (χ3n) is 1.79. The van der Waals surface area contributed by atoms with E-state index in [1.807, 2.05) is 0 Å². The summed E-state index contributed by atoms with van der Waals surface area (Å²) in [6.07, 6.45) is 0. The van der Waals surface area contributed by atoms with Crippen LogP contribution in [0.3, 0.4) is 0 Å². The lowest BCUT2D eigenvalue weighted by Crippen LogP contribution is -2.13. The van der Waals surface area contributed by atoms with Crippen molar-refractivity contribution in [2.24, 2.45) is 5.14 Å². The van der Waals surface area contributed by atoms with E-state index in [9.17, 15) is 16.8 Å². The Hall–Kier alpha value is -0.670. The first-order valence-electron chi connectivity index (χ1n) is 3.87. The minimum atomic E-state index is -4.03. The van der Waals surface area contributed by atoms with E-state index in [0.717, 1.165) is 18.2 Å². The first-order valence-corrected chi connectivity index (χ1v) is 7.73. The maximum absolute atomic E-state index is 11.0. The molecular formula is C7H8ClNO5S2. The standard InChI is InChI=1S/C7H8ClNO5S2/c8-15(11,12)7-2-1-6(16(9,13)14)3-5(7)4-10/h1-3,10H,4H2,(H2,9,13,14). The van der Waals surface area contributed by atoms with Gasteiger partial charge in [0.25, 0.3) is 9.05 Å². The van der Waals surface area contributed by atoms with E-state index in [4.69, 9.17) is 20.9 Å². The molecule has 0 heterocycles. The zero-order chi connectivity index (χ0) is 12.6. The summed E-state index contributed by atoms with van der Waals surface area (Å²) in [6, 6.07) is 2.95. The van der Waals surface area contributed by atoms with Crippen LogP contribution in [0.15, 0.2) is 28.0 Å². The van der Waals surface area contributed by atoms with Crippen LogP contribution in [-0.2, 0) is 25.7 Å². The molecule has 6 nitrogen and oxygen atoms in total. The van der Waals surface area contributed by atoms with E-state index >= 15 is 0 Å². The Labute approximate surface area is 97.1 Å². The van der Waals surface area contributed by atoms with Crippen molar-refractivity contribution in [1.82, 2.24) is 0 Å². The van der Waals surface area contributed by atoms with Gasteiger partial charge in [-0.1, -0.05) is 0 Å². The molecule has 16 heavy (non-hydrogen) atoms. The highest BCUT2D eigenvalue weighted by molar-refractivity contribution is 8.13. The van der Waals surface area contributed by atoms with Crippen molar-refractivity contribution in [2.45, 2.75) is 16.4 Å². The Morgan fingerprint density at radius 1 is 1.25 bits per heavy atom. The minimum Gasteiger partial charge on any atom is -0.392 e. The SMILES string of the molecule is NS(=O)(=O)c1ccc(S(=O)(=O)Cl)c(CO)c1. The van der Waals surface area contributed by atoms with Crippen LogP contribution >= 0.6 is 10.7 Å². The second kappa shape index (κ2) is 4.30. The van der Waals surface area contributed by atoms with E-state index in [0.29, 0.717) is 0 Å². The molecule has 0 radical (unpaired) electrons. The molecule has 0 aliphatic heterocycles. The molecule has 9 heteroatoms. The summed E-state index contributed by atoms with van der Waals surface area (Å²) in [5, 5.41) is 13.8. The molecule has 1 aromatic carbocycles. The van der Waals surface area contributed by atoms with Crippen LogP contribution < -0.4 is 5.14 Å². The number of sulfonamides is 1. The molecule has 0 amide bonds. The molecule has 0 atom stereocenters. The number of nitrogens with two attached hydrogens (primary N) is 1. The van der Waals surface area contributed by atoms with Crippen LogP contribution in [0.2, 0.25) is 0 Å². The van der Waals surface area contributed by atoms with Crippen LogP contribution in [0.1, 0.15) is 5.56 Å². The summed E-state index contributed by atoms with van der Waals surface area (Å²) in [7, 11) is -2.89. The van der Waals surface area contributed by atoms with Crippen LogP contribution in [-0.4, -0.2) is 21.9 Å². The topological polar surface area (TPSA) is 115 Å². The number of aliphatic hydroxyl groups excluding tert-OH is 1. The summed E-state index contributed by atoms with van der Waals surface area (Å²) >= 11 is 0. The van der Waals surface area contributed by atoms with Crippen molar-refractivity contribution in [3.63, 3.8) is 0 Å². The zero-order valence-corrected chi connectivity index (χ0v) is 10.2. The molecule has 0 aromatic heterocycles. The van der Waals surface area contributed by atoms with Gasteiger partial charge in [0, 0.05) is 10.7 Å². The van der Waals surface area contributed by atoms with Gasteiger partial charge >= 0.3 is 0 Å². The average Bonchev–Trinajstić information content (AvgIpc) is 2.14. The van der Waals surface area contributed by atoms with Gasteiger partial charge in [-0.15, -0.1) is 0 Å². The first-order chi connectivity index (χ1) is 7.16. The summed E-state index contributed by atoms with van der Waals surface area (Å²) in [5.41, 5.74) is -0.124. The van der Waals surface area contributed by atoms with Gasteiger partial charge in [-0.2, -0.15) is 0 Å². The summed E-state index contributed by atoms with van der Waals surface area (Å²) in [6.45, 7) is -0.662. The third kappa shape index (κ3) is 2.92. The third-order valence-corrected chi connectivity index (χ3v) is 4.13. The van der Waals surface area contributed by atoms with Crippen molar-refractivity contribution in [3.05, 3.63) is 23.8 Å². The van der Waals surface area contributed by atoms with Crippen molar-refractivity contribution in [2.75, 3.05) is 0 Å². The van der Waals surface area contributed by atoms with Crippen molar-refractivity contribution >= 4 is 29.8 Å². The highest BCUT2D eigenvalue weighted by atomic mass is 35.7. The van der Waals surface area contributed by atoms with E-state index in [2.05, 4.69) is 0 Å². The predicted octanol–water partition coefficient (Wildman–Crippen LogP) is -0.246. The maximum Gasteiger partial charge on any atom is 0.261 e. The van der Waals surface area contributed by atoms with Gasteiger partial charge in [0.1, 0.15) is 0 Å². The van der Waals surface area contributed by atoms with Crippen LogP contribution in [0.5, 0.6) is 0 Å². The van der Waals surface area contributed by atoms with E-state index in [1.165, 1.54) is 0 Å². The number of aliphatic hydroxyl groups is 1. The van der Waals surface area contributed by atoms with Gasteiger partial charge in [-0.3, -0.25) is 0 Å². The summed E-state index contributed by atoms with van der Waals surface area (Å²) in [4.78, 5) is -0.635. The molecule has 0 unspecified atom stereocenters. The molecule has 0 aliphatic carbocycles. The monoisotopic (exact) mass is 285 g/mol. The molecule has 0 bridgehead atoms. The van der Waals surface area contributed by atoms with Crippen molar-refractivity contribution < 1.29 is 21.9 Å². The summed E-state index contributed by atoms with van der Waals surface area (Å²) in [5.74, 6) is 0. The van der Waals surface area contributed by atoms with E-state index in [-0.39, 0.29) is 15.4 Å². The van der Waals surface area contributed by atoms with Gasteiger partial charge in [-0.25, -0.2) is 22.0 Å². The highest BCUT2D eigenvalue weighted by Crippen LogP contribution is 2.22. The average molecular weight is 286 g/mol. The Bertz CT molecular complexity index is 608. The molecule has 0 fully saturated rings. The normalized spacial score (nSPS) is 12.7. The van der Waals surface area contributed by atoms with Gasteiger partial charge in [-0.05, 0) is 23.8 Å². The van der Waals surface area contributed by atoms with E-state index in [1.54, 1.807) is 0 Å². The molecule has 0 saturated heterocycles. The van der Waals surface area contributed by atoms with Crippen LogP contribution in [0, 0.1) is 0 Å². The van der Waals surface area contributed by atoms with Crippen molar-refractivity contribution in [1.29, 1.82) is 0 Å². The minimum absolute atomic E-state index is 0.124. The second-order valence-electron chi connectivity index (χ2n) is 2.91. The maximum atomic E-state index is 11.0. The largest absolute Gasteiger partial charge is 0.392 e. The lowest BCUT2D eigenvalue weighted by molar-refractivity contribution is 0.278. The Kier molecular flexibility index (Phi) is 3.60. The fourth-order valence-electron chi connectivity index (χ4n) is 1.09. The lowest BCUT2D eigenvalue weighted by atomic mass is 10.2. The van der Waals surface area contributed by atoms with E-state index < -0.39 is 25.7 Å². The molecular weight excluding hydrogens is 278 g/mol. The number of hydrogen-bond acceptors (Lipinski definition) is 5. The van der Waals surface area contributed by atoms with Gasteiger partial charge in [0.2, 0.25) is 10.0 Å². The number of hydrogen-bond donors (Lipinski definition) is 2. The van der Waals surface area contributed by atoms with Crippen molar-refractivity contribution in [3.8, 4) is 0 Å². The Morgan fingerprint density at radius 3 is 2.19 bits per heavy atom. The van der Waals surface area contributed by atoms with Crippen LogP contribution in [0.25, 0.3) is 0 Å². The Balaban J connectivity index is 3.52. The smallest absolute Gasteiger partial charge is 0.261 e. The van der Waals surface area contributed by atoms with Gasteiger partial charge < -0.3 is 5.11 Å².